The molecule has 0 bridgehead atoms. The third kappa shape index (κ3) is 5.13. The van der Waals surface area contributed by atoms with E-state index in [0.29, 0.717) is 16.4 Å². The van der Waals surface area contributed by atoms with E-state index in [2.05, 4.69) is 15.0 Å². The molecule has 2 aliphatic rings. The number of halogens is 3. The highest BCUT2D eigenvalue weighted by atomic mass is 127. The van der Waals surface area contributed by atoms with Crippen LogP contribution in [0.1, 0.15) is 30.9 Å². The number of nitrogens with one attached hydrogen (secondary N) is 3. The lowest BCUT2D eigenvalue weighted by molar-refractivity contribution is 0.343. The first-order chi connectivity index (χ1) is 19.9. The van der Waals surface area contributed by atoms with E-state index in [-0.39, 0.29) is 64.9 Å². The number of benzene rings is 2. The Morgan fingerprint density at radius 3 is 2.50 bits per heavy atom. The maximum Gasteiger partial charge on any atom is 0.336 e. The van der Waals surface area contributed by atoms with Gasteiger partial charge in [0.1, 0.15) is 23.2 Å². The van der Waals surface area contributed by atoms with Gasteiger partial charge in [0, 0.05) is 28.3 Å². The van der Waals surface area contributed by atoms with Gasteiger partial charge in [-0.25, -0.2) is 13.6 Å². The van der Waals surface area contributed by atoms with E-state index in [1.165, 1.54) is 41.8 Å². The smallest absolute Gasteiger partial charge is 0.336 e. The van der Waals surface area contributed by atoms with E-state index >= 15 is 0 Å². The van der Waals surface area contributed by atoms with Gasteiger partial charge in [0.2, 0.25) is 0 Å². The minimum atomic E-state index is -4.08. The summed E-state index contributed by atoms with van der Waals surface area (Å²) < 4.78 is 60.6. The Hall–Kier alpha value is -3.57. The number of pyridine rings is 1. The lowest BCUT2D eigenvalue weighted by atomic mass is 10.1. The summed E-state index contributed by atoms with van der Waals surface area (Å²) in [5.74, 6) is -0.690. The maximum absolute atomic E-state index is 14.8. The molecule has 1 aliphatic heterocycles. The second kappa shape index (κ2) is 10.6. The Balaban J connectivity index is 1.56. The molecule has 1 atom stereocenters. The molecule has 2 fully saturated rings. The monoisotopic (exact) mass is 710 g/mol. The van der Waals surface area contributed by atoms with Crippen LogP contribution >= 0.6 is 22.6 Å². The van der Waals surface area contributed by atoms with Crippen molar-refractivity contribution in [3.05, 3.63) is 88.6 Å². The summed E-state index contributed by atoms with van der Waals surface area (Å²) in [6, 6.07) is 9.98. The number of aryl methyl sites for hydroxylation is 1. The van der Waals surface area contributed by atoms with Crippen LogP contribution in [0, 0.1) is 16.3 Å². The normalized spacial score (nSPS) is 17.6. The molecule has 6 rings (SSSR count). The topological polar surface area (TPSA) is 138 Å². The molecule has 11 nitrogen and oxygen atoms in total. The van der Waals surface area contributed by atoms with Crippen molar-refractivity contribution in [3.63, 3.8) is 0 Å². The zero-order valence-electron chi connectivity index (χ0n) is 22.2. The molecule has 42 heavy (non-hydrogen) atoms. The quantitative estimate of drug-likeness (QED) is 0.251. The van der Waals surface area contributed by atoms with Crippen LogP contribution in [-0.4, -0.2) is 46.1 Å². The third-order valence-electron chi connectivity index (χ3n) is 7.36. The average Bonchev–Trinajstić information content (AvgIpc) is 3.65. The molecule has 4 aromatic rings. The highest BCUT2D eigenvalue weighted by Gasteiger charge is 2.33. The lowest BCUT2D eigenvalue weighted by Crippen LogP contribution is -2.40. The molecule has 2 aromatic carbocycles. The van der Waals surface area contributed by atoms with Crippen molar-refractivity contribution in [1.29, 1.82) is 0 Å². The Labute approximate surface area is 251 Å². The number of nitrogens with zero attached hydrogens (tertiary/aromatic N) is 3. The second-order valence-corrected chi connectivity index (χ2v) is 13.3. The van der Waals surface area contributed by atoms with Crippen molar-refractivity contribution in [2.75, 3.05) is 23.1 Å². The molecule has 15 heteroatoms. The molecule has 3 heterocycles. The van der Waals surface area contributed by atoms with Gasteiger partial charge in [-0.2, -0.15) is 12.7 Å². The van der Waals surface area contributed by atoms with Crippen molar-refractivity contribution in [1.82, 2.24) is 18.4 Å². The molecule has 1 aliphatic carbocycles. The van der Waals surface area contributed by atoms with Gasteiger partial charge in [-0.1, -0.05) is 6.07 Å². The molecule has 220 valence electrons. The largest absolute Gasteiger partial charge is 0.339 e. The number of alkyl halides is 1. The van der Waals surface area contributed by atoms with Gasteiger partial charge < -0.3 is 10.3 Å². The number of hydrogen-bond donors (Lipinski definition) is 3. The number of H-pyrrole nitrogens is 1. The highest BCUT2D eigenvalue weighted by molar-refractivity contribution is 14.1. The van der Waals surface area contributed by atoms with E-state index in [0.717, 1.165) is 8.87 Å². The van der Waals surface area contributed by atoms with Crippen LogP contribution in [0.25, 0.3) is 16.6 Å². The van der Waals surface area contributed by atoms with Crippen LogP contribution in [0.3, 0.4) is 0 Å². The first-order valence-electron chi connectivity index (χ1n) is 13.1. The number of aromatic amines is 1. The third-order valence-corrected chi connectivity index (χ3v) is 9.54. The molecule has 0 amide bonds. The van der Waals surface area contributed by atoms with Crippen molar-refractivity contribution in [3.8, 4) is 5.69 Å². The van der Waals surface area contributed by atoms with Crippen LogP contribution in [-0.2, 0) is 10.2 Å². The molecule has 1 saturated carbocycles. The van der Waals surface area contributed by atoms with Gasteiger partial charge in [-0.3, -0.25) is 23.4 Å². The van der Waals surface area contributed by atoms with Gasteiger partial charge in [0.25, 0.3) is 11.1 Å². The summed E-state index contributed by atoms with van der Waals surface area (Å²) in [5, 5.41) is 2.79. The number of anilines is 3. The number of aromatic nitrogens is 3. The van der Waals surface area contributed by atoms with Crippen molar-refractivity contribution in [2.45, 2.75) is 38.4 Å². The Kier molecular flexibility index (Phi) is 7.21. The molecule has 1 saturated heterocycles. The van der Waals surface area contributed by atoms with Crippen LogP contribution in [0.4, 0.5) is 26.0 Å². The molecule has 2 aromatic heterocycles. The number of hydrogen-bond acceptors (Lipinski definition) is 6. The fourth-order valence-corrected chi connectivity index (χ4v) is 6.83. The van der Waals surface area contributed by atoms with Gasteiger partial charge in [-0.15, -0.1) is 0 Å². The SMILES string of the molecule is Cc1c(=O)[nH]c(Nc2ccc(I)cc2F)c2c(=O)n(C3CC3)c(=O)n(-c3cccc(NS(=O)(=O)N4CC[C@@H](F)C4)c3)c12. The van der Waals surface area contributed by atoms with E-state index in [4.69, 9.17) is 0 Å². The van der Waals surface area contributed by atoms with Crippen LogP contribution in [0.5, 0.6) is 0 Å². The average molecular weight is 711 g/mol. The predicted molar refractivity (Wildman–Crippen MR) is 163 cm³/mol. The second-order valence-electron chi connectivity index (χ2n) is 10.4. The Morgan fingerprint density at radius 1 is 1.07 bits per heavy atom. The van der Waals surface area contributed by atoms with Gasteiger partial charge in [0.05, 0.1) is 22.6 Å². The lowest BCUT2D eigenvalue weighted by Gasteiger charge is -2.20. The standard InChI is InChI=1S/C27H25F2IN6O5S/c1-14-23-22(24(32-25(14)37)31-21-8-5-16(30)11-20(21)29)26(38)36(18-6-7-18)27(39)35(23)19-4-2-3-17(12-19)33-42(40,41)34-10-9-15(28)13-34/h2-5,8,11-12,15,18,33H,6-7,9-10,13H2,1H3,(H2,31,32,37)/t15-/m1/s1. The van der Waals surface area contributed by atoms with E-state index in [9.17, 15) is 31.6 Å². The molecular formula is C27H25F2IN6O5S. The minimum Gasteiger partial charge on any atom is -0.339 e. The summed E-state index contributed by atoms with van der Waals surface area (Å²) in [4.78, 5) is 43.4. The van der Waals surface area contributed by atoms with E-state index < -0.39 is 39.0 Å². The van der Waals surface area contributed by atoms with Gasteiger partial charge in [0.15, 0.2) is 0 Å². The Morgan fingerprint density at radius 2 is 1.83 bits per heavy atom. The summed E-state index contributed by atoms with van der Waals surface area (Å²) >= 11 is 1.96. The van der Waals surface area contributed by atoms with Crippen molar-refractivity contribution in [2.24, 2.45) is 0 Å². The Bertz CT molecular complexity index is 2040. The van der Waals surface area contributed by atoms with E-state index in [1.807, 2.05) is 22.6 Å². The minimum absolute atomic E-state index is 0.00103. The maximum atomic E-state index is 14.8. The van der Waals surface area contributed by atoms with Crippen LogP contribution < -0.4 is 26.8 Å². The fourth-order valence-electron chi connectivity index (χ4n) is 5.12. The van der Waals surface area contributed by atoms with Crippen LogP contribution in [0.2, 0.25) is 0 Å². The zero-order valence-corrected chi connectivity index (χ0v) is 25.1. The van der Waals surface area contributed by atoms with Gasteiger partial charge in [-0.05, 0) is 85.2 Å². The number of fused-ring (bicyclic) bond motifs is 1. The summed E-state index contributed by atoms with van der Waals surface area (Å²) in [6.45, 7) is 1.23. The molecule has 3 N–H and O–H groups in total. The summed E-state index contributed by atoms with van der Waals surface area (Å²) in [6.07, 6.45) is 0.0468. The first kappa shape index (κ1) is 28.5. The van der Waals surface area contributed by atoms with E-state index in [1.54, 1.807) is 12.1 Å². The molecule has 0 spiro atoms. The molecular weight excluding hydrogens is 685 g/mol. The number of rotatable bonds is 7. The van der Waals surface area contributed by atoms with Gasteiger partial charge >= 0.3 is 15.9 Å². The van der Waals surface area contributed by atoms with Crippen LogP contribution in [0.15, 0.2) is 56.8 Å². The highest BCUT2D eigenvalue weighted by Crippen LogP contribution is 2.34. The molecule has 0 radical (unpaired) electrons. The van der Waals surface area contributed by atoms with Crippen molar-refractivity contribution >= 4 is 60.9 Å². The van der Waals surface area contributed by atoms with Crippen molar-refractivity contribution < 1.29 is 17.2 Å². The summed E-state index contributed by atoms with van der Waals surface area (Å²) in [5.41, 5.74) is -1.60. The first-order valence-corrected chi connectivity index (χ1v) is 15.6. The zero-order chi connectivity index (χ0) is 29.9. The molecule has 0 unspecified atom stereocenters. The summed E-state index contributed by atoms with van der Waals surface area (Å²) in [7, 11) is -4.08. The fraction of sp³-hybridized carbons (Fsp3) is 0.296. The predicted octanol–water partition coefficient (Wildman–Crippen LogP) is 3.67.